The Hall–Kier alpha value is -0.160. The number of unbranched alkanes of at least 4 members (excludes halogenated alkanes) is 10. The largest absolute Gasteiger partial charge is 0.274 e. The molecule has 1 nitrogen and oxygen atoms in total. The molecule has 0 aliphatic rings. The molecule has 0 N–H and O–H groups in total. The fourth-order valence-electron chi connectivity index (χ4n) is 2.88. The van der Waals surface area contributed by atoms with Crippen LogP contribution in [0.15, 0.2) is 12.7 Å². The summed E-state index contributed by atoms with van der Waals surface area (Å²) in [5.41, 5.74) is 0. The molecule has 0 amide bonds. The van der Waals surface area contributed by atoms with Crippen LogP contribution >= 0.6 is 8.46 Å². The highest BCUT2D eigenvalue weighted by atomic mass is 31.1. The second-order valence-corrected chi connectivity index (χ2v) is 7.51. The van der Waals surface area contributed by atoms with Crippen molar-refractivity contribution in [3.63, 3.8) is 0 Å². The minimum atomic E-state index is -0.143. The smallest absolute Gasteiger partial charge is 0.166 e. The number of hydrogen-bond donors (Lipinski definition) is 0. The van der Waals surface area contributed by atoms with E-state index in [0.717, 1.165) is 12.8 Å². The van der Waals surface area contributed by atoms with E-state index in [9.17, 15) is 4.57 Å². The highest BCUT2D eigenvalue weighted by Crippen LogP contribution is 2.36. The van der Waals surface area contributed by atoms with Crippen LogP contribution in [0.2, 0.25) is 0 Å². The van der Waals surface area contributed by atoms with Crippen LogP contribution in [0, 0.1) is 0 Å². The molecule has 0 aromatic heterocycles. The Morgan fingerprint density at radius 3 is 1.48 bits per heavy atom. The van der Waals surface area contributed by atoms with Gasteiger partial charge in [0.25, 0.3) is 0 Å². The van der Waals surface area contributed by atoms with Gasteiger partial charge in [-0.2, -0.15) is 0 Å². The van der Waals surface area contributed by atoms with Gasteiger partial charge in [0.05, 0.1) is 5.16 Å². The lowest BCUT2D eigenvalue weighted by Gasteiger charge is -2.22. The zero-order chi connectivity index (χ0) is 15.8. The topological polar surface area (TPSA) is 17.1 Å². The fraction of sp³-hybridized carbons (Fsp3) is 0.895. The summed E-state index contributed by atoms with van der Waals surface area (Å²) >= 11 is 0. The fourth-order valence-corrected chi connectivity index (χ4v) is 3.45. The molecule has 0 radical (unpaired) electrons. The lowest BCUT2D eigenvalue weighted by molar-refractivity contribution is 0.477. The Morgan fingerprint density at radius 1 is 0.762 bits per heavy atom. The Bertz CT molecular complexity index is 224. The number of allylic oxidation sites excluding steroid dienone is 1. The average Bonchev–Trinajstić information content (AvgIpc) is 2.52. The van der Waals surface area contributed by atoms with Crippen LogP contribution in [0.25, 0.3) is 0 Å². The van der Waals surface area contributed by atoms with E-state index in [4.69, 9.17) is 0 Å². The Morgan fingerprint density at radius 2 is 1.14 bits per heavy atom. The van der Waals surface area contributed by atoms with Gasteiger partial charge in [0.1, 0.15) is 0 Å². The molecule has 0 atom stereocenters. The molecule has 0 aromatic rings. The van der Waals surface area contributed by atoms with Gasteiger partial charge in [0.2, 0.25) is 0 Å². The monoisotopic (exact) mass is 312 g/mol. The van der Waals surface area contributed by atoms with Crippen LogP contribution in [0.4, 0.5) is 0 Å². The van der Waals surface area contributed by atoms with Crippen LogP contribution in [-0.2, 0) is 4.57 Å². The van der Waals surface area contributed by atoms with Crippen LogP contribution in [0.5, 0.6) is 0 Å². The van der Waals surface area contributed by atoms with Crippen LogP contribution in [0.1, 0.15) is 104 Å². The number of hydrogen-bond acceptors (Lipinski definition) is 1. The van der Waals surface area contributed by atoms with Crippen LogP contribution in [-0.4, -0.2) is 5.16 Å². The minimum Gasteiger partial charge on any atom is -0.274 e. The summed E-state index contributed by atoms with van der Waals surface area (Å²) in [4.78, 5) is 0. The Balaban J connectivity index is 3.84. The molecular formula is C19H37OP. The molecule has 0 bridgehead atoms. The van der Waals surface area contributed by atoms with Crippen molar-refractivity contribution in [1.82, 2.24) is 0 Å². The van der Waals surface area contributed by atoms with Crippen molar-refractivity contribution in [3.05, 3.63) is 12.7 Å². The number of rotatable bonds is 16. The summed E-state index contributed by atoms with van der Waals surface area (Å²) in [7, 11) is 0.281. The van der Waals surface area contributed by atoms with E-state index < -0.39 is 0 Å². The van der Waals surface area contributed by atoms with Crippen LogP contribution in [0.3, 0.4) is 0 Å². The van der Waals surface area contributed by atoms with Gasteiger partial charge in [-0.05, 0) is 12.8 Å². The van der Waals surface area contributed by atoms with Crippen molar-refractivity contribution in [3.8, 4) is 0 Å². The maximum atomic E-state index is 11.6. The van der Waals surface area contributed by atoms with E-state index in [-0.39, 0.29) is 13.6 Å². The van der Waals surface area contributed by atoms with Crippen molar-refractivity contribution < 1.29 is 4.57 Å². The zero-order valence-electron chi connectivity index (χ0n) is 14.5. The van der Waals surface area contributed by atoms with E-state index in [0.29, 0.717) is 0 Å². The first-order valence-electron chi connectivity index (χ1n) is 9.22. The Labute approximate surface area is 135 Å². The first kappa shape index (κ1) is 20.8. The lowest BCUT2D eigenvalue weighted by Crippen LogP contribution is -2.18. The van der Waals surface area contributed by atoms with Crippen molar-refractivity contribution in [1.29, 1.82) is 0 Å². The van der Waals surface area contributed by atoms with Gasteiger partial charge in [0.15, 0.2) is 8.46 Å². The van der Waals surface area contributed by atoms with E-state index >= 15 is 0 Å². The first-order chi connectivity index (χ1) is 10.2. The van der Waals surface area contributed by atoms with Gasteiger partial charge in [-0.1, -0.05) is 97.0 Å². The molecule has 2 heteroatoms. The molecule has 0 aromatic carbocycles. The summed E-state index contributed by atoms with van der Waals surface area (Å²) in [5, 5.41) is -0.143. The van der Waals surface area contributed by atoms with E-state index in [2.05, 4.69) is 20.4 Å². The quantitative estimate of drug-likeness (QED) is 0.162. The molecule has 0 fully saturated rings. The standard InChI is InChI=1S/C19H37OP/c1-4-7-9-11-13-15-17-19(6-3,21-20)18-16-14-12-10-8-5-2/h6H,3-5,7-18H2,1-2H3. The SMILES string of the molecule is C=CC(CCCCCCCC)(CCCCCCCC)P=O. The summed E-state index contributed by atoms with van der Waals surface area (Å²) in [6, 6.07) is 0. The normalized spacial score (nSPS) is 11.9. The molecule has 124 valence electrons. The summed E-state index contributed by atoms with van der Waals surface area (Å²) in [5.74, 6) is 0. The van der Waals surface area contributed by atoms with Crippen LogP contribution < -0.4 is 0 Å². The molecule has 0 aliphatic heterocycles. The van der Waals surface area contributed by atoms with Gasteiger partial charge in [-0.25, -0.2) is 0 Å². The molecule has 0 rings (SSSR count). The van der Waals surface area contributed by atoms with Crippen molar-refractivity contribution in [2.75, 3.05) is 0 Å². The first-order valence-corrected chi connectivity index (χ1v) is 10.0. The lowest BCUT2D eigenvalue weighted by atomic mass is 9.93. The molecule has 0 heterocycles. The van der Waals surface area contributed by atoms with E-state index in [1.165, 1.54) is 77.0 Å². The summed E-state index contributed by atoms with van der Waals surface area (Å²) in [6.45, 7) is 8.45. The maximum absolute atomic E-state index is 11.6. The molecule has 0 spiro atoms. The third-order valence-corrected chi connectivity index (χ3v) is 5.48. The summed E-state index contributed by atoms with van der Waals surface area (Å²) in [6.07, 6.45) is 19.7. The molecule has 0 aliphatic carbocycles. The molecule has 0 saturated heterocycles. The maximum Gasteiger partial charge on any atom is 0.166 e. The van der Waals surface area contributed by atoms with Gasteiger partial charge in [-0.3, -0.25) is 4.57 Å². The Kier molecular flexibility index (Phi) is 14.7. The molecular weight excluding hydrogens is 275 g/mol. The summed E-state index contributed by atoms with van der Waals surface area (Å²) < 4.78 is 11.6. The highest BCUT2D eigenvalue weighted by molar-refractivity contribution is 7.26. The van der Waals surface area contributed by atoms with Crippen molar-refractivity contribution in [2.45, 2.75) is 109 Å². The second kappa shape index (κ2) is 14.8. The van der Waals surface area contributed by atoms with E-state index in [1.807, 2.05) is 6.08 Å². The minimum absolute atomic E-state index is 0.143. The predicted octanol–water partition coefficient (Wildman–Crippen LogP) is 7.70. The average molecular weight is 312 g/mol. The third-order valence-electron chi connectivity index (χ3n) is 4.49. The van der Waals surface area contributed by atoms with Crippen molar-refractivity contribution >= 4 is 8.46 Å². The molecule has 0 saturated carbocycles. The highest BCUT2D eigenvalue weighted by Gasteiger charge is 2.26. The molecule has 0 unspecified atom stereocenters. The predicted molar refractivity (Wildman–Crippen MR) is 96.5 cm³/mol. The zero-order valence-corrected chi connectivity index (χ0v) is 15.4. The van der Waals surface area contributed by atoms with Gasteiger partial charge < -0.3 is 0 Å². The molecule has 21 heavy (non-hydrogen) atoms. The van der Waals surface area contributed by atoms with Gasteiger partial charge >= 0.3 is 0 Å². The van der Waals surface area contributed by atoms with Gasteiger partial charge in [0, 0.05) is 0 Å². The third kappa shape index (κ3) is 11.1. The van der Waals surface area contributed by atoms with E-state index in [1.54, 1.807) is 0 Å². The second-order valence-electron chi connectivity index (χ2n) is 6.43. The van der Waals surface area contributed by atoms with Gasteiger partial charge in [-0.15, -0.1) is 6.58 Å². The van der Waals surface area contributed by atoms with Crippen molar-refractivity contribution in [2.24, 2.45) is 0 Å².